The van der Waals surface area contributed by atoms with Crippen molar-refractivity contribution in [3.8, 4) is 0 Å². The maximum atomic E-state index is 11.0. The number of hydrogen-bond acceptors (Lipinski definition) is 23. The first-order valence-electron chi connectivity index (χ1n) is 32.0. The van der Waals surface area contributed by atoms with Crippen LogP contribution in [0.25, 0.3) is 0 Å². The summed E-state index contributed by atoms with van der Waals surface area (Å²) in [6, 6.07) is 1.25. The van der Waals surface area contributed by atoms with E-state index in [-0.39, 0.29) is 18.6 Å². The van der Waals surface area contributed by atoms with Gasteiger partial charge in [0.2, 0.25) is 20.0 Å². The molecule has 0 bridgehead atoms. The van der Waals surface area contributed by atoms with E-state index in [4.69, 9.17) is 20.2 Å². The molecule has 0 amide bonds. The third-order valence-corrected chi connectivity index (χ3v) is 17.7. The Labute approximate surface area is 513 Å². The quantitative estimate of drug-likeness (QED) is 0.0207. The van der Waals surface area contributed by atoms with Gasteiger partial charge in [-0.05, 0) is 153 Å². The molecular formula is C57H127N17O8S2. The molecule has 0 aromatic carbocycles. The van der Waals surface area contributed by atoms with Crippen LogP contribution in [-0.4, -0.2) is 301 Å². The number of hydroxylamine groups is 2. The molecule has 27 heteroatoms. The van der Waals surface area contributed by atoms with E-state index in [1.54, 1.807) is 12.8 Å². The minimum Gasteiger partial charge on any atom is -0.468 e. The Kier molecular flexibility index (Phi) is 47.7. The molecule has 5 unspecified atom stereocenters. The van der Waals surface area contributed by atoms with Crippen molar-refractivity contribution in [1.82, 2.24) is 69.8 Å². The van der Waals surface area contributed by atoms with Gasteiger partial charge in [-0.15, -0.1) is 0 Å². The fourth-order valence-electron chi connectivity index (χ4n) is 10.0. The lowest BCUT2D eigenvalue weighted by molar-refractivity contribution is -0.108. The van der Waals surface area contributed by atoms with Gasteiger partial charge in [0.05, 0.1) is 12.5 Å². The number of nitrogens with two attached hydrogens (primary N) is 1. The van der Waals surface area contributed by atoms with Crippen molar-refractivity contribution in [2.45, 2.75) is 163 Å². The molecule has 0 aliphatic carbocycles. The second-order valence-corrected chi connectivity index (χ2v) is 27.0. The van der Waals surface area contributed by atoms with Crippen LogP contribution in [0.15, 0.2) is 9.98 Å². The number of likely N-dealkylation sites (tertiary alicyclic amines) is 3. The summed E-state index contributed by atoms with van der Waals surface area (Å²) < 4.78 is 58.0. The van der Waals surface area contributed by atoms with Crippen LogP contribution in [0.3, 0.4) is 0 Å². The molecule has 84 heavy (non-hydrogen) atoms. The third-order valence-electron chi connectivity index (χ3n) is 15.7. The zero-order valence-electron chi connectivity index (χ0n) is 55.3. The summed E-state index contributed by atoms with van der Waals surface area (Å²) >= 11 is 0. The van der Waals surface area contributed by atoms with Crippen LogP contribution in [0, 0.1) is 0 Å². The number of rotatable bonds is 29. The van der Waals surface area contributed by atoms with Gasteiger partial charge in [0.25, 0.3) is 0 Å². The fraction of sp³-hybridized carbons (Fsp3) is 0.965. The van der Waals surface area contributed by atoms with Crippen molar-refractivity contribution in [1.29, 1.82) is 0 Å². The van der Waals surface area contributed by atoms with E-state index >= 15 is 0 Å². The Hall–Kier alpha value is -1.84. The van der Waals surface area contributed by atoms with E-state index in [0.29, 0.717) is 45.2 Å². The number of piperazine rings is 3. The maximum Gasteiger partial charge on any atom is 0.211 e. The van der Waals surface area contributed by atoms with Gasteiger partial charge in [-0.2, -0.15) is 15.7 Å². The van der Waals surface area contributed by atoms with Crippen molar-refractivity contribution in [3.05, 3.63) is 0 Å². The van der Waals surface area contributed by atoms with Crippen LogP contribution < -0.4 is 32.2 Å². The molecule has 0 aromatic rings. The van der Waals surface area contributed by atoms with Gasteiger partial charge in [0.1, 0.15) is 32.0 Å². The van der Waals surface area contributed by atoms with Crippen LogP contribution in [-0.2, 0) is 39.3 Å². The summed E-state index contributed by atoms with van der Waals surface area (Å²) in [4.78, 5) is 37.5. The molecule has 6 saturated heterocycles. The molecule has 6 heterocycles. The second-order valence-electron chi connectivity index (χ2n) is 23.2. The van der Waals surface area contributed by atoms with E-state index < -0.39 is 20.0 Å². The average Bonchev–Trinajstić information content (AvgIpc) is 4.14. The van der Waals surface area contributed by atoms with Crippen molar-refractivity contribution < 1.29 is 36.1 Å². The van der Waals surface area contributed by atoms with Crippen molar-refractivity contribution in [2.24, 2.45) is 15.9 Å². The zero-order chi connectivity index (χ0) is 62.4. The Bertz CT molecular complexity index is 1800. The third kappa shape index (κ3) is 42.2. The van der Waals surface area contributed by atoms with E-state index in [1.165, 1.54) is 121 Å². The minimum absolute atomic E-state index is 0.189. The second kappa shape index (κ2) is 50.0. The molecule has 0 spiro atoms. The fourth-order valence-corrected chi connectivity index (χ4v) is 11.4. The predicted octanol–water partition coefficient (Wildman–Crippen LogP) is 2.77. The monoisotopic (exact) mass is 1240 g/mol. The molecule has 0 saturated carbocycles. The lowest BCUT2D eigenvalue weighted by Gasteiger charge is -2.36. The van der Waals surface area contributed by atoms with Crippen LogP contribution in [0.1, 0.15) is 132 Å². The molecule has 0 aromatic heterocycles. The topological polar surface area (TPSA) is 245 Å². The molecule has 5 atom stereocenters. The first-order valence-corrected chi connectivity index (χ1v) is 35.7. The predicted molar refractivity (Wildman–Crippen MR) is 347 cm³/mol. The largest absolute Gasteiger partial charge is 0.468 e. The first kappa shape index (κ1) is 80.2. The van der Waals surface area contributed by atoms with Crippen LogP contribution in [0.2, 0.25) is 0 Å². The summed E-state index contributed by atoms with van der Waals surface area (Å²) in [6.07, 6.45) is 21.0. The number of hydrogen-bond donors (Lipinski definition) is 6. The summed E-state index contributed by atoms with van der Waals surface area (Å²) in [5.74, 6) is 4.88. The van der Waals surface area contributed by atoms with Crippen LogP contribution in [0.5, 0.6) is 0 Å². The Morgan fingerprint density at radius 2 is 1.08 bits per heavy atom. The minimum atomic E-state index is -2.99. The van der Waals surface area contributed by atoms with Gasteiger partial charge in [0.15, 0.2) is 12.8 Å². The summed E-state index contributed by atoms with van der Waals surface area (Å²) in [7, 11) is 0.401. The van der Waals surface area contributed by atoms with Crippen LogP contribution in [0.4, 0.5) is 0 Å². The van der Waals surface area contributed by atoms with Gasteiger partial charge < -0.3 is 29.1 Å². The van der Waals surface area contributed by atoms with E-state index in [0.717, 1.165) is 104 Å². The summed E-state index contributed by atoms with van der Waals surface area (Å²) in [6.45, 7) is 41.5. The Balaban J connectivity index is 0.000000506. The van der Waals surface area contributed by atoms with Gasteiger partial charge in [-0.1, -0.05) is 33.6 Å². The normalized spacial score (nSPS) is 22.2. The average molecular weight is 1240 g/mol. The zero-order valence-corrected chi connectivity index (χ0v) is 56.9. The Morgan fingerprint density at radius 3 is 1.57 bits per heavy atom. The molecule has 0 radical (unpaired) electrons. The highest BCUT2D eigenvalue weighted by Crippen LogP contribution is 2.19. The number of piperidine rings is 2. The van der Waals surface area contributed by atoms with Gasteiger partial charge >= 0.3 is 0 Å². The first-order chi connectivity index (χ1) is 40.1. The molecular weight excluding hydrogens is 1110 g/mol. The molecule has 6 rings (SSSR count). The number of aliphatic imine (C=N–C) groups is 2. The maximum absolute atomic E-state index is 11.0. The lowest BCUT2D eigenvalue weighted by Crippen LogP contribution is -2.50. The number of nitrogens with one attached hydrogen (secondary N) is 5. The Morgan fingerprint density at radius 1 is 0.583 bits per heavy atom. The number of nitrogens with zero attached hydrogens (tertiary/aromatic N) is 11. The van der Waals surface area contributed by atoms with Crippen LogP contribution >= 0.6 is 0 Å². The van der Waals surface area contributed by atoms with E-state index in [9.17, 15) is 16.8 Å². The molecule has 25 nitrogen and oxygen atoms in total. The van der Waals surface area contributed by atoms with Gasteiger partial charge in [-0.3, -0.25) is 35.1 Å². The van der Waals surface area contributed by atoms with Gasteiger partial charge in [0, 0.05) is 130 Å². The van der Waals surface area contributed by atoms with E-state index in [2.05, 4.69) is 143 Å². The summed E-state index contributed by atoms with van der Waals surface area (Å²) in [5.41, 5.74) is 5.57. The highest BCUT2D eigenvalue weighted by atomic mass is 32.2. The number of ether oxygens (including phenoxy) is 2. The smallest absolute Gasteiger partial charge is 0.211 e. The lowest BCUT2D eigenvalue weighted by atomic mass is 10.0. The van der Waals surface area contributed by atoms with Crippen molar-refractivity contribution in [3.63, 3.8) is 0 Å². The van der Waals surface area contributed by atoms with Gasteiger partial charge in [-0.25, -0.2) is 42.0 Å². The molecule has 6 aliphatic heterocycles. The molecule has 500 valence electrons. The standard InChI is InChI=1S/C13H27N3O.C12H25N3O.C9H22N4O.C9H21N3O.C8H18N2O2S.C6H14N2O2S/c1-4-8-14-10-17-11-15-13(3)16-9-6-5-7-12(16)2;1-3-7-13-10-16-11-14-12(2)15-8-5-4-6-9-15;1-9(3-4-11-14-10)13-7-5-12(2)6-8-13;1-4-10-13-9(2)12-7-5-11(3)6-8-12;1-13(11,12)9-5-4-8-10-6-2-3-7-10;1-7-3-5-8(6-4-7)11(2,9)10/h11-14H,4-10H2,1-3H3;11-13H,3-10H2,1-2H3;9,11H,3-8,10H2,1-2H3;9-10H,4-8H2,1-3H3;9H,2-8H2,1H3;3-6H2,1-2H3. The SMILES string of the molecule is CC(CCNON)N1CCN(C)CC1.CCCNCOC=NC(C)N1CCCCC1.CCCNCOC=NC(C)N1CCCCC1C.CCNOC(C)N1CCN(C)CC1.CN1CCN(S(C)(=O)=O)CC1.CS(=O)(=O)NCCCN1CCCC1. The molecule has 6 aliphatic rings. The number of sulfonamides is 2. The number of likely N-dealkylation sites (N-methyl/N-ethyl adjacent to an activating group) is 3. The summed E-state index contributed by atoms with van der Waals surface area (Å²) in [5, 5.41) is 6.33. The highest BCUT2D eigenvalue weighted by molar-refractivity contribution is 7.88. The molecule has 7 N–H and O–H groups in total. The highest BCUT2D eigenvalue weighted by Gasteiger charge is 2.24. The van der Waals surface area contributed by atoms with E-state index in [1.807, 2.05) is 14.0 Å². The molecule has 6 fully saturated rings. The van der Waals surface area contributed by atoms with Crippen molar-refractivity contribution >= 4 is 32.8 Å². The van der Waals surface area contributed by atoms with Crippen molar-refractivity contribution in [2.75, 3.05) is 198 Å².